The fraction of sp³-hybridized carbons (Fsp3) is 0.455. The number of carbonyl (C=O) groups excluding carboxylic acids is 1. The Morgan fingerprint density at radius 1 is 1.03 bits per heavy atom. The van der Waals surface area contributed by atoms with Crippen LogP contribution in [-0.2, 0) is 10.0 Å². The third-order valence-corrected chi connectivity index (χ3v) is 8.17. The number of benzene rings is 1. The van der Waals surface area contributed by atoms with Gasteiger partial charge >= 0.3 is 0 Å². The number of rotatable bonds is 3. The van der Waals surface area contributed by atoms with Crippen molar-refractivity contribution in [3.63, 3.8) is 0 Å². The first-order valence-electron chi connectivity index (χ1n) is 10.5. The van der Waals surface area contributed by atoms with Gasteiger partial charge in [0.15, 0.2) is 0 Å². The second-order valence-electron chi connectivity index (χ2n) is 8.29. The zero-order valence-corrected chi connectivity index (χ0v) is 17.5. The monoisotopic (exact) mass is 427 g/mol. The normalized spacial score (nSPS) is 25.9. The molecule has 1 aromatic heterocycles. The smallest absolute Gasteiger partial charge is 0.253 e. The van der Waals surface area contributed by atoms with Crippen LogP contribution in [0.5, 0.6) is 5.75 Å². The van der Waals surface area contributed by atoms with Crippen LogP contribution in [0, 0.1) is 5.92 Å². The van der Waals surface area contributed by atoms with Gasteiger partial charge in [0, 0.05) is 44.0 Å². The SMILES string of the molecule is O=C(c1ccncc1)N1CC[C@@H]2Oc3ccccc3S(=O)(=O)N(CC3CC3)[C@H]2CC1. The first kappa shape index (κ1) is 19.5. The van der Waals surface area contributed by atoms with Gasteiger partial charge in [-0.3, -0.25) is 9.78 Å². The summed E-state index contributed by atoms with van der Waals surface area (Å²) in [5, 5.41) is 0. The number of carbonyl (C=O) groups is 1. The second kappa shape index (κ2) is 7.67. The van der Waals surface area contributed by atoms with Crippen LogP contribution in [0.1, 0.15) is 36.0 Å². The van der Waals surface area contributed by atoms with Gasteiger partial charge in [0.05, 0.1) is 6.04 Å². The first-order chi connectivity index (χ1) is 14.5. The average molecular weight is 428 g/mol. The van der Waals surface area contributed by atoms with Crippen molar-refractivity contribution in [2.24, 2.45) is 5.92 Å². The second-order valence-corrected chi connectivity index (χ2v) is 10.2. The lowest BCUT2D eigenvalue weighted by Crippen LogP contribution is -2.48. The number of hydrogen-bond donors (Lipinski definition) is 0. The molecule has 0 bridgehead atoms. The molecular weight excluding hydrogens is 402 g/mol. The van der Waals surface area contributed by atoms with Gasteiger partial charge in [-0.05, 0) is 49.4 Å². The van der Waals surface area contributed by atoms with Crippen molar-refractivity contribution in [1.82, 2.24) is 14.2 Å². The van der Waals surface area contributed by atoms with Gasteiger partial charge in [-0.1, -0.05) is 12.1 Å². The molecule has 30 heavy (non-hydrogen) atoms. The van der Waals surface area contributed by atoms with Crippen molar-refractivity contribution in [2.75, 3.05) is 19.6 Å². The van der Waals surface area contributed by atoms with Gasteiger partial charge in [0.2, 0.25) is 10.0 Å². The Hall–Kier alpha value is -2.45. The van der Waals surface area contributed by atoms with Crippen LogP contribution in [0.15, 0.2) is 53.7 Å². The highest BCUT2D eigenvalue weighted by molar-refractivity contribution is 7.89. The molecule has 2 atom stereocenters. The number of nitrogens with zero attached hydrogens (tertiary/aromatic N) is 3. The zero-order chi connectivity index (χ0) is 20.7. The average Bonchev–Trinajstić information content (AvgIpc) is 3.60. The summed E-state index contributed by atoms with van der Waals surface area (Å²) in [4.78, 5) is 19.0. The molecule has 1 aliphatic carbocycles. The van der Waals surface area contributed by atoms with E-state index in [9.17, 15) is 13.2 Å². The highest BCUT2D eigenvalue weighted by Gasteiger charge is 2.45. The Kier molecular flexibility index (Phi) is 4.99. The summed E-state index contributed by atoms with van der Waals surface area (Å²) in [6.07, 6.45) is 6.22. The number of hydrogen-bond acceptors (Lipinski definition) is 5. The van der Waals surface area contributed by atoms with Crippen molar-refractivity contribution in [3.05, 3.63) is 54.4 Å². The van der Waals surface area contributed by atoms with Gasteiger partial charge < -0.3 is 9.64 Å². The van der Waals surface area contributed by atoms with E-state index in [1.165, 1.54) is 0 Å². The molecule has 0 spiro atoms. The van der Waals surface area contributed by atoms with Crippen molar-refractivity contribution in [1.29, 1.82) is 0 Å². The molecule has 1 saturated heterocycles. The van der Waals surface area contributed by atoms with E-state index in [4.69, 9.17) is 4.74 Å². The van der Waals surface area contributed by atoms with E-state index in [0.29, 0.717) is 49.7 Å². The number of para-hydroxylation sites is 1. The van der Waals surface area contributed by atoms with Gasteiger partial charge in [0.25, 0.3) is 5.91 Å². The van der Waals surface area contributed by atoms with E-state index >= 15 is 0 Å². The molecule has 2 aliphatic heterocycles. The number of fused-ring (bicyclic) bond motifs is 2. The molecule has 0 unspecified atom stereocenters. The number of ether oxygens (including phenoxy) is 1. The molecule has 5 rings (SSSR count). The minimum Gasteiger partial charge on any atom is -0.487 e. The van der Waals surface area contributed by atoms with Crippen LogP contribution in [0.25, 0.3) is 0 Å². The summed E-state index contributed by atoms with van der Waals surface area (Å²) in [5.74, 6) is 0.786. The van der Waals surface area contributed by atoms with Crippen LogP contribution >= 0.6 is 0 Å². The van der Waals surface area contributed by atoms with Gasteiger partial charge in [-0.25, -0.2) is 8.42 Å². The summed E-state index contributed by atoms with van der Waals surface area (Å²) < 4.78 is 35.0. The van der Waals surface area contributed by atoms with E-state index in [-0.39, 0.29) is 22.9 Å². The van der Waals surface area contributed by atoms with Crippen LogP contribution < -0.4 is 4.74 Å². The summed E-state index contributed by atoms with van der Waals surface area (Å²) in [6.45, 7) is 1.56. The molecule has 0 radical (unpaired) electrons. The Balaban J connectivity index is 1.46. The fourth-order valence-electron chi connectivity index (χ4n) is 4.43. The van der Waals surface area contributed by atoms with Crippen molar-refractivity contribution >= 4 is 15.9 Å². The predicted octanol–water partition coefficient (Wildman–Crippen LogP) is 2.55. The number of aromatic nitrogens is 1. The lowest BCUT2D eigenvalue weighted by molar-refractivity contribution is 0.0755. The molecule has 8 heteroatoms. The molecule has 3 heterocycles. The molecule has 1 saturated carbocycles. The number of likely N-dealkylation sites (tertiary alicyclic amines) is 1. The van der Waals surface area contributed by atoms with E-state index in [1.807, 2.05) is 0 Å². The maximum absolute atomic E-state index is 13.5. The van der Waals surface area contributed by atoms with Crippen LogP contribution in [0.3, 0.4) is 0 Å². The Morgan fingerprint density at radius 2 is 1.77 bits per heavy atom. The Labute approximate surface area is 176 Å². The zero-order valence-electron chi connectivity index (χ0n) is 16.7. The van der Waals surface area contributed by atoms with Gasteiger partial charge in [-0.15, -0.1) is 0 Å². The molecule has 1 amide bonds. The highest BCUT2D eigenvalue weighted by Crippen LogP contribution is 2.39. The van der Waals surface area contributed by atoms with E-state index in [0.717, 1.165) is 12.8 Å². The highest BCUT2D eigenvalue weighted by atomic mass is 32.2. The van der Waals surface area contributed by atoms with Crippen LogP contribution in [0.4, 0.5) is 0 Å². The fourth-order valence-corrected chi connectivity index (χ4v) is 6.30. The molecule has 3 aliphatic rings. The molecule has 0 N–H and O–H groups in total. The Bertz CT molecular complexity index is 1040. The minimum atomic E-state index is -3.65. The molecule has 1 aromatic carbocycles. The summed E-state index contributed by atoms with van der Waals surface area (Å²) >= 11 is 0. The quantitative estimate of drug-likeness (QED) is 0.752. The maximum Gasteiger partial charge on any atom is 0.253 e. The van der Waals surface area contributed by atoms with Crippen LogP contribution in [-0.4, -0.2) is 60.3 Å². The first-order valence-corrected chi connectivity index (χ1v) is 11.9. The Morgan fingerprint density at radius 3 is 2.53 bits per heavy atom. The van der Waals surface area contributed by atoms with Gasteiger partial charge in [-0.2, -0.15) is 4.31 Å². The molecule has 7 nitrogen and oxygen atoms in total. The van der Waals surface area contributed by atoms with E-state index < -0.39 is 10.0 Å². The van der Waals surface area contributed by atoms with Gasteiger partial charge in [0.1, 0.15) is 16.7 Å². The van der Waals surface area contributed by atoms with E-state index in [1.54, 1.807) is 58.0 Å². The maximum atomic E-state index is 13.5. The van der Waals surface area contributed by atoms with Crippen molar-refractivity contribution in [3.8, 4) is 5.75 Å². The van der Waals surface area contributed by atoms with Crippen LogP contribution in [0.2, 0.25) is 0 Å². The standard InChI is InChI=1S/C22H25N3O4S/c26-22(17-7-11-23-12-8-17)24-13-9-18-19(10-14-24)29-20-3-1-2-4-21(20)30(27,28)25(18)15-16-5-6-16/h1-4,7-8,11-12,16,18-19H,5-6,9-10,13-15H2/t18-,19-/m0/s1. The third-order valence-electron chi connectivity index (χ3n) is 6.24. The summed E-state index contributed by atoms with van der Waals surface area (Å²) in [7, 11) is -3.65. The predicted molar refractivity (Wildman–Crippen MR) is 111 cm³/mol. The molecule has 158 valence electrons. The topological polar surface area (TPSA) is 79.8 Å². The van der Waals surface area contributed by atoms with E-state index in [2.05, 4.69) is 4.98 Å². The summed E-state index contributed by atoms with van der Waals surface area (Å²) in [6, 6.07) is 10.0. The lowest BCUT2D eigenvalue weighted by atomic mass is 10.1. The lowest BCUT2D eigenvalue weighted by Gasteiger charge is -2.31. The van der Waals surface area contributed by atoms with Crippen molar-refractivity contribution < 1.29 is 17.9 Å². The van der Waals surface area contributed by atoms with Crippen molar-refractivity contribution in [2.45, 2.75) is 42.7 Å². The number of amides is 1. The molecular formula is C22H25N3O4S. The third kappa shape index (κ3) is 3.58. The number of sulfonamides is 1. The largest absolute Gasteiger partial charge is 0.487 e. The minimum absolute atomic E-state index is 0.0501. The summed E-state index contributed by atoms with van der Waals surface area (Å²) in [5.41, 5.74) is 0.598. The molecule has 2 aromatic rings. The number of pyridine rings is 1. The molecule has 2 fully saturated rings.